The molecule has 0 aliphatic carbocycles. The molecule has 0 unspecified atom stereocenters. The van der Waals surface area contributed by atoms with Crippen LogP contribution < -0.4 is 24.0 Å². The fourth-order valence-electron chi connectivity index (χ4n) is 1.84. The summed E-state index contributed by atoms with van der Waals surface area (Å²) in [5, 5.41) is 0. The second-order valence-electron chi connectivity index (χ2n) is 4.10. The van der Waals surface area contributed by atoms with Crippen LogP contribution in [0, 0.1) is 6.92 Å². The zero-order valence-electron chi connectivity index (χ0n) is 9.77. The summed E-state index contributed by atoms with van der Waals surface area (Å²) in [7, 11) is 0. The van der Waals surface area contributed by atoms with E-state index in [0.29, 0.717) is 0 Å². The summed E-state index contributed by atoms with van der Waals surface area (Å²) in [6, 6.07) is 12.4. The zero-order valence-corrected chi connectivity index (χ0v) is 13.5. The number of imidazole rings is 1. The molecule has 92 valence electrons. The van der Waals surface area contributed by atoms with Crippen molar-refractivity contribution in [3.63, 3.8) is 0 Å². The number of hydrogen-bond donors (Lipinski definition) is 0. The lowest BCUT2D eigenvalue weighted by molar-refractivity contribution is -0.00000341. The number of benzene rings is 1. The van der Waals surface area contributed by atoms with Crippen LogP contribution in [0.1, 0.15) is 5.56 Å². The molecule has 3 rings (SSSR count). The van der Waals surface area contributed by atoms with Crippen molar-refractivity contribution >= 4 is 21.6 Å². The van der Waals surface area contributed by atoms with Crippen molar-refractivity contribution in [1.82, 2.24) is 9.38 Å². The molecule has 0 saturated heterocycles. The SMILES string of the molecule is Cc1ccn2cc(-c3ccc(Br)cc3)nc2c1.[I-]. The van der Waals surface area contributed by atoms with Crippen molar-refractivity contribution in [3.8, 4) is 11.3 Å². The van der Waals surface area contributed by atoms with E-state index in [1.54, 1.807) is 0 Å². The summed E-state index contributed by atoms with van der Waals surface area (Å²) in [5.74, 6) is 0. The fourth-order valence-corrected chi connectivity index (χ4v) is 2.11. The van der Waals surface area contributed by atoms with Gasteiger partial charge in [-0.15, -0.1) is 0 Å². The van der Waals surface area contributed by atoms with E-state index in [1.165, 1.54) is 5.56 Å². The van der Waals surface area contributed by atoms with Crippen LogP contribution in [0.15, 0.2) is 53.3 Å². The molecule has 0 bridgehead atoms. The Bertz CT molecular complexity index is 674. The van der Waals surface area contributed by atoms with Crippen LogP contribution in [-0.2, 0) is 0 Å². The second-order valence-corrected chi connectivity index (χ2v) is 5.02. The predicted octanol–water partition coefficient (Wildman–Crippen LogP) is 1.08. The number of pyridine rings is 1. The highest BCUT2D eigenvalue weighted by Gasteiger charge is 2.03. The lowest BCUT2D eigenvalue weighted by Crippen LogP contribution is -3.00. The summed E-state index contributed by atoms with van der Waals surface area (Å²) in [6.45, 7) is 2.08. The highest BCUT2D eigenvalue weighted by molar-refractivity contribution is 9.10. The van der Waals surface area contributed by atoms with Crippen LogP contribution in [0.4, 0.5) is 0 Å². The van der Waals surface area contributed by atoms with Gasteiger partial charge in [0.1, 0.15) is 5.65 Å². The van der Waals surface area contributed by atoms with E-state index in [2.05, 4.69) is 58.3 Å². The molecule has 2 heterocycles. The van der Waals surface area contributed by atoms with Crippen molar-refractivity contribution in [2.75, 3.05) is 0 Å². The quantitative estimate of drug-likeness (QED) is 0.545. The zero-order chi connectivity index (χ0) is 11.8. The van der Waals surface area contributed by atoms with Gasteiger partial charge >= 0.3 is 0 Å². The smallest absolute Gasteiger partial charge is 0.137 e. The number of fused-ring (bicyclic) bond motifs is 1. The van der Waals surface area contributed by atoms with Gasteiger partial charge < -0.3 is 28.4 Å². The molecule has 0 radical (unpaired) electrons. The average Bonchev–Trinajstić information content (AvgIpc) is 2.72. The summed E-state index contributed by atoms with van der Waals surface area (Å²) in [5.41, 5.74) is 4.35. The van der Waals surface area contributed by atoms with Gasteiger partial charge in [0, 0.05) is 22.4 Å². The van der Waals surface area contributed by atoms with E-state index < -0.39 is 0 Å². The topological polar surface area (TPSA) is 17.3 Å². The van der Waals surface area contributed by atoms with Crippen LogP contribution in [0.25, 0.3) is 16.9 Å². The van der Waals surface area contributed by atoms with Crippen molar-refractivity contribution in [3.05, 3.63) is 58.8 Å². The monoisotopic (exact) mass is 413 g/mol. The molecule has 0 saturated carbocycles. The highest BCUT2D eigenvalue weighted by Crippen LogP contribution is 2.21. The van der Waals surface area contributed by atoms with Gasteiger partial charge in [0.15, 0.2) is 0 Å². The lowest BCUT2D eigenvalue weighted by Gasteiger charge is -1.95. The summed E-state index contributed by atoms with van der Waals surface area (Å²) < 4.78 is 3.13. The van der Waals surface area contributed by atoms with E-state index in [4.69, 9.17) is 0 Å². The second kappa shape index (κ2) is 5.40. The molecule has 0 spiro atoms. The molecule has 2 aromatic heterocycles. The van der Waals surface area contributed by atoms with Crippen LogP contribution in [0.2, 0.25) is 0 Å². The van der Waals surface area contributed by atoms with E-state index in [9.17, 15) is 0 Å². The maximum Gasteiger partial charge on any atom is 0.137 e. The van der Waals surface area contributed by atoms with Gasteiger partial charge in [-0.2, -0.15) is 0 Å². The molecule has 0 aliphatic heterocycles. The Labute approximate surface area is 131 Å². The van der Waals surface area contributed by atoms with Gasteiger partial charge in [-0.3, -0.25) is 0 Å². The van der Waals surface area contributed by atoms with E-state index in [-0.39, 0.29) is 24.0 Å². The summed E-state index contributed by atoms with van der Waals surface area (Å²) in [6.07, 6.45) is 4.10. The van der Waals surface area contributed by atoms with Gasteiger partial charge in [-0.05, 0) is 36.8 Å². The van der Waals surface area contributed by atoms with Crippen molar-refractivity contribution in [1.29, 1.82) is 0 Å². The molecule has 3 aromatic rings. The number of aryl methyl sites for hydroxylation is 1. The first kappa shape index (κ1) is 13.5. The maximum atomic E-state index is 4.62. The third-order valence-corrected chi connectivity index (χ3v) is 3.28. The van der Waals surface area contributed by atoms with Gasteiger partial charge in [0.05, 0.1) is 5.69 Å². The molecular formula is C14H11BrIN2-. The Hall–Kier alpha value is -0.880. The highest BCUT2D eigenvalue weighted by atomic mass is 127. The third-order valence-electron chi connectivity index (χ3n) is 2.76. The van der Waals surface area contributed by atoms with Crippen LogP contribution >= 0.6 is 15.9 Å². The Kier molecular flexibility index (Phi) is 4.07. The Morgan fingerprint density at radius 3 is 2.56 bits per heavy atom. The predicted molar refractivity (Wildman–Crippen MR) is 73.1 cm³/mol. The van der Waals surface area contributed by atoms with Crippen molar-refractivity contribution in [2.45, 2.75) is 6.92 Å². The summed E-state index contributed by atoms with van der Waals surface area (Å²) in [4.78, 5) is 4.62. The minimum atomic E-state index is 0. The molecule has 0 atom stereocenters. The fraction of sp³-hybridized carbons (Fsp3) is 0.0714. The van der Waals surface area contributed by atoms with E-state index >= 15 is 0 Å². The number of rotatable bonds is 1. The number of nitrogens with zero attached hydrogens (tertiary/aromatic N) is 2. The first-order valence-electron chi connectivity index (χ1n) is 5.44. The van der Waals surface area contributed by atoms with Crippen LogP contribution in [-0.4, -0.2) is 9.38 Å². The maximum absolute atomic E-state index is 4.62. The molecular weight excluding hydrogens is 403 g/mol. The minimum Gasteiger partial charge on any atom is -1.00 e. The molecule has 0 fully saturated rings. The first-order chi connectivity index (χ1) is 8.22. The third kappa shape index (κ3) is 2.59. The molecule has 0 N–H and O–H groups in total. The lowest BCUT2D eigenvalue weighted by atomic mass is 10.2. The van der Waals surface area contributed by atoms with Crippen LogP contribution in [0.3, 0.4) is 0 Å². The average molecular weight is 414 g/mol. The Morgan fingerprint density at radius 1 is 1.11 bits per heavy atom. The molecule has 2 nitrogen and oxygen atoms in total. The first-order valence-corrected chi connectivity index (χ1v) is 6.23. The number of aromatic nitrogens is 2. The summed E-state index contributed by atoms with van der Waals surface area (Å²) >= 11 is 3.44. The number of hydrogen-bond acceptors (Lipinski definition) is 1. The minimum absolute atomic E-state index is 0. The number of halogens is 2. The van der Waals surface area contributed by atoms with Crippen molar-refractivity contribution in [2.24, 2.45) is 0 Å². The van der Waals surface area contributed by atoms with Crippen molar-refractivity contribution < 1.29 is 24.0 Å². The molecule has 4 heteroatoms. The molecule has 0 aliphatic rings. The molecule has 1 aromatic carbocycles. The van der Waals surface area contributed by atoms with Gasteiger partial charge in [0.25, 0.3) is 0 Å². The van der Waals surface area contributed by atoms with E-state index in [0.717, 1.165) is 21.4 Å². The normalized spacial score (nSPS) is 10.3. The Morgan fingerprint density at radius 2 is 1.83 bits per heavy atom. The molecule has 18 heavy (non-hydrogen) atoms. The van der Waals surface area contributed by atoms with Gasteiger partial charge in [0.2, 0.25) is 0 Å². The standard InChI is InChI=1S/C14H11BrN2.HI/c1-10-6-7-17-9-13(16-14(17)8-10)11-2-4-12(15)5-3-11;/h2-9H,1H3;1H/p-1. The largest absolute Gasteiger partial charge is 1.00 e. The Balaban J connectivity index is 0.00000120. The van der Waals surface area contributed by atoms with Crippen LogP contribution in [0.5, 0.6) is 0 Å². The van der Waals surface area contributed by atoms with Gasteiger partial charge in [-0.1, -0.05) is 28.1 Å². The van der Waals surface area contributed by atoms with E-state index in [1.807, 2.05) is 22.7 Å². The molecule has 0 amide bonds. The van der Waals surface area contributed by atoms with Gasteiger partial charge in [-0.25, -0.2) is 4.98 Å².